The van der Waals surface area contributed by atoms with E-state index in [0.717, 1.165) is 11.1 Å². The van der Waals surface area contributed by atoms with Gasteiger partial charge in [0.2, 0.25) is 0 Å². The van der Waals surface area contributed by atoms with Crippen LogP contribution in [-0.2, 0) is 4.74 Å². The van der Waals surface area contributed by atoms with Crippen molar-refractivity contribution in [2.45, 2.75) is 0 Å². The van der Waals surface area contributed by atoms with Gasteiger partial charge in [-0.3, -0.25) is 0 Å². The first-order valence-corrected chi connectivity index (χ1v) is 8.02. The van der Waals surface area contributed by atoms with Crippen LogP contribution in [0.5, 0.6) is 11.5 Å². The van der Waals surface area contributed by atoms with E-state index in [1.165, 1.54) is 18.4 Å². The van der Waals surface area contributed by atoms with Crippen LogP contribution in [0.1, 0.15) is 9.67 Å². The monoisotopic (exact) mass is 348 g/mol. The molecule has 0 aliphatic rings. The van der Waals surface area contributed by atoms with Gasteiger partial charge in [0.25, 0.3) is 0 Å². The number of hydrogen-bond donors (Lipinski definition) is 0. The second kappa shape index (κ2) is 7.83. The third kappa shape index (κ3) is 3.68. The van der Waals surface area contributed by atoms with Crippen LogP contribution in [0.4, 0.5) is 5.69 Å². The Morgan fingerprint density at radius 3 is 2.46 bits per heavy atom. The molecule has 6 nitrogen and oxygen atoms in total. The van der Waals surface area contributed by atoms with Gasteiger partial charge in [-0.1, -0.05) is 6.07 Å². The summed E-state index contributed by atoms with van der Waals surface area (Å²) in [7, 11) is 8.26. The summed E-state index contributed by atoms with van der Waals surface area (Å²) in [5, 5.41) is 1.88. The van der Waals surface area contributed by atoms with Gasteiger partial charge in [0, 0.05) is 25.0 Å². The molecule has 0 aliphatic carbocycles. The molecule has 1 aromatic carbocycles. The molecule has 0 aliphatic heterocycles. The summed E-state index contributed by atoms with van der Waals surface area (Å²) in [5.74, 6) is 0.851. The first-order chi connectivity index (χ1) is 11.5. The fourth-order valence-electron chi connectivity index (χ4n) is 2.10. The Hall–Kier alpha value is -2.54. The maximum absolute atomic E-state index is 12.0. The Morgan fingerprint density at radius 1 is 1.17 bits per heavy atom. The molecule has 0 fully saturated rings. The summed E-state index contributed by atoms with van der Waals surface area (Å²) in [5.41, 5.74) is 2.29. The quantitative estimate of drug-likeness (QED) is 0.455. The topological polar surface area (TPSA) is 60.4 Å². The molecule has 0 unspecified atom stereocenters. The van der Waals surface area contributed by atoms with Crippen molar-refractivity contribution in [2.75, 3.05) is 35.4 Å². The van der Waals surface area contributed by atoms with E-state index in [9.17, 15) is 4.79 Å². The lowest BCUT2D eigenvalue weighted by atomic mass is 10.1. The van der Waals surface area contributed by atoms with Crippen LogP contribution < -0.4 is 9.47 Å². The maximum Gasteiger partial charge on any atom is 0.350 e. The largest absolute Gasteiger partial charge is 0.493 e. The highest BCUT2D eigenvalue weighted by Crippen LogP contribution is 2.41. The van der Waals surface area contributed by atoms with E-state index >= 15 is 0 Å². The number of rotatable bonds is 6. The predicted molar refractivity (Wildman–Crippen MR) is 96.0 cm³/mol. The minimum Gasteiger partial charge on any atom is -0.493 e. The lowest BCUT2D eigenvalue weighted by Gasteiger charge is -2.10. The molecule has 0 spiro atoms. The van der Waals surface area contributed by atoms with Crippen molar-refractivity contribution < 1.29 is 19.0 Å². The number of esters is 1. The summed E-state index contributed by atoms with van der Waals surface area (Å²) in [6.45, 7) is 0. The Morgan fingerprint density at radius 2 is 1.88 bits per heavy atom. The Kier molecular flexibility index (Phi) is 5.81. The molecular formula is C17H20N2O4S. The van der Waals surface area contributed by atoms with Gasteiger partial charge in [0.1, 0.15) is 4.88 Å². The number of aliphatic imine (C=N–C) groups is 1. The molecule has 0 saturated heterocycles. The Balaban J connectivity index is 2.57. The normalized spacial score (nSPS) is 10.7. The molecule has 128 valence electrons. The number of thiophene rings is 1. The van der Waals surface area contributed by atoms with Crippen molar-refractivity contribution in [2.24, 2.45) is 4.99 Å². The number of ether oxygens (including phenoxy) is 3. The molecule has 0 bridgehead atoms. The second-order valence-corrected chi connectivity index (χ2v) is 5.98. The van der Waals surface area contributed by atoms with Gasteiger partial charge in [0.05, 0.1) is 33.4 Å². The highest BCUT2D eigenvalue weighted by molar-refractivity contribution is 7.13. The van der Waals surface area contributed by atoms with Crippen LogP contribution in [0.3, 0.4) is 0 Å². The average molecular weight is 348 g/mol. The summed E-state index contributed by atoms with van der Waals surface area (Å²) in [4.78, 5) is 18.7. The highest BCUT2D eigenvalue weighted by atomic mass is 32.1. The highest BCUT2D eigenvalue weighted by Gasteiger charge is 2.20. The SMILES string of the molecule is COC(=O)c1scc(-c2ccc(OC)c(OC)c2)c1N=CN(C)C. The van der Waals surface area contributed by atoms with E-state index in [-0.39, 0.29) is 0 Å². The number of hydrogen-bond acceptors (Lipinski definition) is 6. The molecule has 2 aromatic rings. The second-order valence-electron chi connectivity index (χ2n) is 5.10. The minimum absolute atomic E-state index is 0.405. The third-order valence-electron chi connectivity index (χ3n) is 3.25. The van der Waals surface area contributed by atoms with Crippen LogP contribution in [0.25, 0.3) is 11.1 Å². The molecule has 0 atom stereocenters. The van der Waals surface area contributed by atoms with Gasteiger partial charge >= 0.3 is 5.97 Å². The smallest absolute Gasteiger partial charge is 0.350 e. The first kappa shape index (κ1) is 17.8. The maximum atomic E-state index is 12.0. The summed E-state index contributed by atoms with van der Waals surface area (Å²) >= 11 is 1.30. The third-order valence-corrected chi connectivity index (χ3v) is 4.20. The standard InChI is InChI=1S/C17H20N2O4S/c1-19(2)10-18-15-12(9-24-16(15)17(20)23-5)11-6-7-13(21-3)14(8-11)22-4/h6-10H,1-5H3. The molecule has 0 N–H and O–H groups in total. The summed E-state index contributed by atoms with van der Waals surface area (Å²) in [6, 6.07) is 5.58. The van der Waals surface area contributed by atoms with E-state index in [1.54, 1.807) is 25.5 Å². The van der Waals surface area contributed by atoms with Crippen molar-refractivity contribution in [1.29, 1.82) is 0 Å². The Bertz CT molecular complexity index is 753. The van der Waals surface area contributed by atoms with Gasteiger partial charge in [-0.2, -0.15) is 0 Å². The Labute approximate surface area is 145 Å². The minimum atomic E-state index is -0.405. The number of benzene rings is 1. The fourth-order valence-corrected chi connectivity index (χ4v) is 3.04. The van der Waals surface area contributed by atoms with Crippen LogP contribution in [-0.4, -0.2) is 52.6 Å². The fraction of sp³-hybridized carbons (Fsp3) is 0.294. The van der Waals surface area contributed by atoms with Crippen LogP contribution >= 0.6 is 11.3 Å². The number of carbonyl (C=O) groups is 1. The van der Waals surface area contributed by atoms with Crippen molar-refractivity contribution in [3.8, 4) is 22.6 Å². The van der Waals surface area contributed by atoms with Crippen molar-refractivity contribution in [3.05, 3.63) is 28.5 Å². The zero-order chi connectivity index (χ0) is 17.7. The number of carbonyl (C=O) groups excluding carboxylic acids is 1. The average Bonchev–Trinajstić information content (AvgIpc) is 3.02. The van der Waals surface area contributed by atoms with Gasteiger partial charge in [-0.25, -0.2) is 9.79 Å². The summed E-state index contributed by atoms with van der Waals surface area (Å²) < 4.78 is 15.5. The molecule has 7 heteroatoms. The zero-order valence-electron chi connectivity index (χ0n) is 14.3. The van der Waals surface area contributed by atoms with E-state index in [4.69, 9.17) is 14.2 Å². The van der Waals surface area contributed by atoms with E-state index in [2.05, 4.69) is 4.99 Å². The van der Waals surface area contributed by atoms with Crippen molar-refractivity contribution in [3.63, 3.8) is 0 Å². The van der Waals surface area contributed by atoms with Crippen LogP contribution in [0.15, 0.2) is 28.6 Å². The van der Waals surface area contributed by atoms with Gasteiger partial charge < -0.3 is 19.1 Å². The van der Waals surface area contributed by atoms with Gasteiger partial charge in [-0.15, -0.1) is 11.3 Å². The molecule has 0 radical (unpaired) electrons. The molecule has 1 heterocycles. The number of methoxy groups -OCH3 is 3. The molecular weight excluding hydrogens is 328 g/mol. The van der Waals surface area contributed by atoms with Crippen molar-refractivity contribution >= 4 is 29.3 Å². The van der Waals surface area contributed by atoms with Crippen LogP contribution in [0, 0.1) is 0 Å². The lowest BCUT2D eigenvalue weighted by molar-refractivity contribution is 0.0607. The number of nitrogens with zero attached hydrogens (tertiary/aromatic N) is 2. The predicted octanol–water partition coefficient (Wildman–Crippen LogP) is 3.44. The molecule has 24 heavy (non-hydrogen) atoms. The van der Waals surface area contributed by atoms with E-state index < -0.39 is 5.97 Å². The van der Waals surface area contributed by atoms with Gasteiger partial charge in [-0.05, 0) is 17.7 Å². The van der Waals surface area contributed by atoms with Gasteiger partial charge in [0.15, 0.2) is 11.5 Å². The lowest BCUT2D eigenvalue weighted by Crippen LogP contribution is -2.07. The molecule has 0 saturated carbocycles. The van der Waals surface area contributed by atoms with Crippen molar-refractivity contribution in [1.82, 2.24) is 4.90 Å². The molecule has 0 amide bonds. The first-order valence-electron chi connectivity index (χ1n) is 7.14. The zero-order valence-corrected chi connectivity index (χ0v) is 15.1. The summed E-state index contributed by atoms with van der Waals surface area (Å²) in [6.07, 6.45) is 1.65. The van der Waals surface area contributed by atoms with Crippen LogP contribution in [0.2, 0.25) is 0 Å². The van der Waals surface area contributed by atoms with E-state index in [0.29, 0.717) is 22.1 Å². The molecule has 2 rings (SSSR count). The van der Waals surface area contributed by atoms with E-state index in [1.807, 2.05) is 37.7 Å². The molecule has 1 aromatic heterocycles.